The van der Waals surface area contributed by atoms with E-state index in [0.29, 0.717) is 16.9 Å². The van der Waals surface area contributed by atoms with E-state index in [1.807, 2.05) is 0 Å². The van der Waals surface area contributed by atoms with Gasteiger partial charge in [-0.05, 0) is 42.3 Å². The summed E-state index contributed by atoms with van der Waals surface area (Å²) in [7, 11) is 2.81. The molecule has 0 spiro atoms. The molecule has 1 atom stereocenters. The highest BCUT2D eigenvalue weighted by atomic mass is 35.5. The second-order valence-corrected chi connectivity index (χ2v) is 9.84. The molecule has 0 aliphatic carbocycles. The smallest absolute Gasteiger partial charge is 0.412 e. The van der Waals surface area contributed by atoms with Crippen molar-refractivity contribution >= 4 is 41.1 Å². The lowest BCUT2D eigenvalue weighted by Crippen LogP contribution is -2.52. The summed E-state index contributed by atoms with van der Waals surface area (Å²) in [6.45, 7) is -0.0359. The normalized spacial score (nSPS) is 16.0. The molecular formula is C29H25ClFN3O8. The third kappa shape index (κ3) is 5.79. The van der Waals surface area contributed by atoms with Gasteiger partial charge in [0.1, 0.15) is 41.5 Å². The molecule has 218 valence electrons. The maximum Gasteiger partial charge on any atom is 0.412 e. The zero-order valence-corrected chi connectivity index (χ0v) is 23.2. The zero-order chi connectivity index (χ0) is 30.0. The highest BCUT2D eigenvalue weighted by Crippen LogP contribution is 2.37. The molecule has 1 unspecified atom stereocenters. The summed E-state index contributed by atoms with van der Waals surface area (Å²) >= 11 is 6.03. The van der Waals surface area contributed by atoms with E-state index >= 15 is 0 Å². The summed E-state index contributed by atoms with van der Waals surface area (Å²) in [6, 6.07) is 11.0. The minimum Gasteiger partial charge on any atom is -0.495 e. The SMILES string of the molecule is COc1cc(Oc2ccc(F)cc2Cl)ccc1NC(=O)OCc1ccc2c(c1OC)C(=O)N(C1CCC(=O)NC1=O)C2. The van der Waals surface area contributed by atoms with Crippen LogP contribution in [-0.2, 0) is 27.5 Å². The molecule has 13 heteroatoms. The average molecular weight is 598 g/mol. The number of nitrogens with zero attached hydrogens (tertiary/aromatic N) is 1. The molecule has 2 aliphatic heterocycles. The number of rotatable bonds is 8. The first-order valence-electron chi connectivity index (χ1n) is 12.8. The lowest BCUT2D eigenvalue weighted by molar-refractivity contribution is -0.136. The summed E-state index contributed by atoms with van der Waals surface area (Å²) < 4.78 is 35.3. The average Bonchev–Trinajstić information content (AvgIpc) is 3.29. The Morgan fingerprint density at radius 1 is 1.07 bits per heavy atom. The Morgan fingerprint density at radius 3 is 2.60 bits per heavy atom. The van der Waals surface area contributed by atoms with E-state index < -0.39 is 29.8 Å². The standard InChI is InChI=1S/C29H25ClFN3O8/c1-39-23-12-18(42-22-9-5-17(31)11-19(22)30)6-7-20(23)32-29(38)41-14-16-4-3-15-13-34(28(37)25(15)26(16)40-2)21-8-10-24(35)33-27(21)36/h3-7,9,11-12,21H,8,10,13-14H2,1-2H3,(H,32,38)(H,33,35,36). The first-order valence-corrected chi connectivity index (χ1v) is 13.1. The van der Waals surface area contributed by atoms with Crippen LogP contribution in [0.15, 0.2) is 48.5 Å². The first kappa shape index (κ1) is 28.7. The van der Waals surface area contributed by atoms with Crippen molar-refractivity contribution in [3.05, 3.63) is 76.1 Å². The molecule has 3 aromatic rings. The van der Waals surface area contributed by atoms with Gasteiger partial charge in [0, 0.05) is 24.6 Å². The fourth-order valence-corrected chi connectivity index (χ4v) is 5.03. The van der Waals surface area contributed by atoms with Crippen molar-refractivity contribution in [2.75, 3.05) is 19.5 Å². The van der Waals surface area contributed by atoms with E-state index in [4.69, 9.17) is 30.5 Å². The molecule has 5 rings (SSSR count). The number of anilines is 1. The van der Waals surface area contributed by atoms with Gasteiger partial charge in [0.2, 0.25) is 11.8 Å². The van der Waals surface area contributed by atoms with Crippen LogP contribution in [0.5, 0.6) is 23.0 Å². The molecule has 2 aliphatic rings. The molecule has 0 saturated carbocycles. The van der Waals surface area contributed by atoms with E-state index in [9.17, 15) is 23.6 Å². The molecule has 0 aromatic heterocycles. The predicted octanol–water partition coefficient (Wildman–Crippen LogP) is 4.80. The minimum absolute atomic E-state index is 0.0899. The number of imide groups is 1. The number of benzene rings is 3. The van der Waals surface area contributed by atoms with Crippen molar-refractivity contribution in [3.8, 4) is 23.0 Å². The van der Waals surface area contributed by atoms with Gasteiger partial charge in [-0.25, -0.2) is 9.18 Å². The Bertz CT molecular complexity index is 1600. The lowest BCUT2D eigenvalue weighted by Gasteiger charge is -2.29. The Hall–Kier alpha value is -4.84. The van der Waals surface area contributed by atoms with Crippen molar-refractivity contribution in [1.29, 1.82) is 0 Å². The second-order valence-electron chi connectivity index (χ2n) is 9.43. The van der Waals surface area contributed by atoms with Crippen LogP contribution in [0.1, 0.15) is 34.3 Å². The quantitative estimate of drug-likeness (QED) is 0.354. The number of amides is 4. The van der Waals surface area contributed by atoms with E-state index in [0.717, 1.165) is 6.07 Å². The summed E-state index contributed by atoms with van der Waals surface area (Å²) in [6.07, 6.45) is -0.424. The van der Waals surface area contributed by atoms with Crippen molar-refractivity contribution in [2.45, 2.75) is 32.0 Å². The van der Waals surface area contributed by atoms with Gasteiger partial charge >= 0.3 is 6.09 Å². The number of ether oxygens (including phenoxy) is 4. The predicted molar refractivity (Wildman–Crippen MR) is 147 cm³/mol. The van der Waals surface area contributed by atoms with Gasteiger partial charge in [0.05, 0.1) is 30.5 Å². The zero-order valence-electron chi connectivity index (χ0n) is 22.5. The van der Waals surface area contributed by atoms with Gasteiger partial charge in [-0.3, -0.25) is 25.0 Å². The van der Waals surface area contributed by atoms with Crippen LogP contribution in [0, 0.1) is 5.82 Å². The van der Waals surface area contributed by atoms with Crippen molar-refractivity contribution in [3.63, 3.8) is 0 Å². The molecular weight excluding hydrogens is 573 g/mol. The molecule has 11 nitrogen and oxygen atoms in total. The topological polar surface area (TPSA) is 132 Å². The van der Waals surface area contributed by atoms with Crippen molar-refractivity contribution in [1.82, 2.24) is 10.2 Å². The molecule has 3 aromatic carbocycles. The van der Waals surface area contributed by atoms with Gasteiger partial charge in [-0.2, -0.15) is 0 Å². The largest absolute Gasteiger partial charge is 0.495 e. The fourth-order valence-electron chi connectivity index (χ4n) is 4.82. The number of carbonyl (C=O) groups excluding carboxylic acids is 4. The molecule has 42 heavy (non-hydrogen) atoms. The first-order chi connectivity index (χ1) is 20.2. The summed E-state index contributed by atoms with van der Waals surface area (Å²) in [5.74, 6) is -0.720. The van der Waals surface area contributed by atoms with E-state index in [1.165, 1.54) is 43.4 Å². The Balaban J connectivity index is 1.25. The van der Waals surface area contributed by atoms with Gasteiger partial charge in [0.25, 0.3) is 5.91 Å². The van der Waals surface area contributed by atoms with Crippen LogP contribution >= 0.6 is 11.6 Å². The summed E-state index contributed by atoms with van der Waals surface area (Å²) in [5, 5.41) is 4.95. The molecule has 1 fully saturated rings. The van der Waals surface area contributed by atoms with Gasteiger partial charge < -0.3 is 23.8 Å². The lowest BCUT2D eigenvalue weighted by atomic mass is 10.0. The van der Waals surface area contributed by atoms with E-state index in [-0.39, 0.29) is 65.4 Å². The van der Waals surface area contributed by atoms with Crippen molar-refractivity contribution < 1.29 is 42.5 Å². The Labute approximate surface area is 244 Å². The maximum atomic E-state index is 13.3. The number of carbonyl (C=O) groups is 4. The molecule has 4 amide bonds. The van der Waals surface area contributed by atoms with Gasteiger partial charge in [-0.15, -0.1) is 0 Å². The second kappa shape index (κ2) is 12.0. The summed E-state index contributed by atoms with van der Waals surface area (Å²) in [4.78, 5) is 51.3. The van der Waals surface area contributed by atoms with Crippen molar-refractivity contribution in [2.24, 2.45) is 0 Å². The third-order valence-corrected chi connectivity index (χ3v) is 7.12. The van der Waals surface area contributed by atoms with Crippen LogP contribution in [0.3, 0.4) is 0 Å². The highest BCUT2D eigenvalue weighted by molar-refractivity contribution is 6.32. The molecule has 1 saturated heterocycles. The van der Waals surface area contributed by atoms with Gasteiger partial charge in [-0.1, -0.05) is 23.7 Å². The van der Waals surface area contributed by atoms with E-state index in [2.05, 4.69) is 10.6 Å². The molecule has 0 radical (unpaired) electrons. The Morgan fingerprint density at radius 2 is 1.88 bits per heavy atom. The van der Waals surface area contributed by atoms with Crippen LogP contribution in [0.4, 0.5) is 14.9 Å². The molecule has 2 heterocycles. The fraction of sp³-hybridized carbons (Fsp3) is 0.241. The summed E-state index contributed by atoms with van der Waals surface area (Å²) in [5.41, 5.74) is 1.67. The van der Waals surface area contributed by atoms with Crippen LogP contribution in [0.2, 0.25) is 5.02 Å². The number of fused-ring (bicyclic) bond motifs is 1. The van der Waals surface area contributed by atoms with Crippen LogP contribution < -0.4 is 24.8 Å². The number of hydrogen-bond donors (Lipinski definition) is 2. The third-order valence-electron chi connectivity index (χ3n) is 6.82. The molecule has 2 N–H and O–H groups in total. The highest BCUT2D eigenvalue weighted by Gasteiger charge is 2.41. The minimum atomic E-state index is -0.803. The number of hydrogen-bond acceptors (Lipinski definition) is 8. The number of halogens is 2. The monoisotopic (exact) mass is 597 g/mol. The van der Waals surface area contributed by atoms with Crippen LogP contribution in [-0.4, -0.2) is 49.0 Å². The van der Waals surface area contributed by atoms with Gasteiger partial charge in [0.15, 0.2) is 0 Å². The number of piperidine rings is 1. The maximum absolute atomic E-state index is 13.3. The number of methoxy groups -OCH3 is 2. The number of nitrogens with one attached hydrogen (secondary N) is 2. The van der Waals surface area contributed by atoms with Crippen LogP contribution in [0.25, 0.3) is 0 Å². The Kier molecular flexibility index (Phi) is 8.16. The van der Waals surface area contributed by atoms with E-state index in [1.54, 1.807) is 18.2 Å². The molecule has 0 bridgehead atoms.